The third kappa shape index (κ3) is 4.86. The number of carbonyl (C=O) groups excluding carboxylic acids is 2. The van der Waals surface area contributed by atoms with E-state index in [9.17, 15) is 9.59 Å². The van der Waals surface area contributed by atoms with Crippen LogP contribution < -0.4 is 5.32 Å². The summed E-state index contributed by atoms with van der Waals surface area (Å²) in [6, 6.07) is 11.0. The van der Waals surface area contributed by atoms with E-state index in [0.717, 1.165) is 0 Å². The zero-order valence-corrected chi connectivity index (χ0v) is 14.2. The van der Waals surface area contributed by atoms with Gasteiger partial charge in [-0.3, -0.25) is 4.79 Å². The van der Waals surface area contributed by atoms with Gasteiger partial charge in [0.2, 0.25) is 0 Å². The predicted molar refractivity (Wildman–Crippen MR) is 91.4 cm³/mol. The Bertz CT molecular complexity index is 729. The van der Waals surface area contributed by atoms with Crippen LogP contribution in [0.5, 0.6) is 0 Å². The molecule has 1 unspecified atom stereocenters. The number of halogens is 3. The van der Waals surface area contributed by atoms with E-state index >= 15 is 0 Å². The molecule has 0 aliphatic rings. The fourth-order valence-corrected chi connectivity index (χ4v) is 2.51. The van der Waals surface area contributed by atoms with E-state index in [2.05, 4.69) is 5.32 Å². The lowest BCUT2D eigenvalue weighted by Gasteiger charge is -2.14. The molecule has 2 aromatic rings. The average Bonchev–Trinajstić information content (AvgIpc) is 2.46. The van der Waals surface area contributed by atoms with Crippen LogP contribution in [-0.4, -0.2) is 18.0 Å². The number of hydrogen-bond donors (Lipinski definition) is 1. The second kappa shape index (κ2) is 7.68. The number of anilines is 1. The topological polar surface area (TPSA) is 55.4 Å². The van der Waals surface area contributed by atoms with Crippen LogP contribution >= 0.6 is 34.8 Å². The Balaban J connectivity index is 2.02. The second-order valence-electron chi connectivity index (χ2n) is 4.67. The molecule has 0 saturated heterocycles. The molecule has 1 N–H and O–H groups in total. The molecule has 4 nitrogen and oxygen atoms in total. The number of rotatable bonds is 4. The van der Waals surface area contributed by atoms with Gasteiger partial charge in [0.05, 0.1) is 10.6 Å². The lowest BCUT2D eigenvalue weighted by molar-refractivity contribution is -0.123. The van der Waals surface area contributed by atoms with Crippen LogP contribution in [0.3, 0.4) is 0 Å². The van der Waals surface area contributed by atoms with Crippen molar-refractivity contribution in [1.82, 2.24) is 0 Å². The van der Waals surface area contributed by atoms with Crippen molar-refractivity contribution in [3.63, 3.8) is 0 Å². The number of amides is 1. The van der Waals surface area contributed by atoms with Gasteiger partial charge in [-0.15, -0.1) is 0 Å². The van der Waals surface area contributed by atoms with Crippen LogP contribution in [0.15, 0.2) is 42.5 Å². The Morgan fingerprint density at radius 3 is 2.26 bits per heavy atom. The van der Waals surface area contributed by atoms with Crippen LogP contribution in [0.4, 0.5) is 5.69 Å². The maximum Gasteiger partial charge on any atom is 0.340 e. The minimum atomic E-state index is -1.02. The molecule has 0 aromatic heterocycles. The summed E-state index contributed by atoms with van der Waals surface area (Å²) in [6.45, 7) is 1.45. The molecule has 120 valence electrons. The molecule has 0 spiro atoms. The highest BCUT2D eigenvalue weighted by Crippen LogP contribution is 2.23. The van der Waals surface area contributed by atoms with E-state index < -0.39 is 18.0 Å². The first kappa shape index (κ1) is 17.6. The predicted octanol–water partition coefficient (Wildman–Crippen LogP) is 4.83. The summed E-state index contributed by atoms with van der Waals surface area (Å²) in [4.78, 5) is 24.1. The van der Waals surface area contributed by atoms with E-state index in [1.807, 2.05) is 0 Å². The van der Waals surface area contributed by atoms with Gasteiger partial charge in [0, 0.05) is 15.7 Å². The van der Waals surface area contributed by atoms with Crippen LogP contribution in [0.2, 0.25) is 15.1 Å². The number of ether oxygens (including phenoxy) is 1. The molecule has 2 rings (SSSR count). The summed E-state index contributed by atoms with van der Waals surface area (Å²) in [5, 5.41) is 3.60. The first-order chi connectivity index (χ1) is 10.9. The largest absolute Gasteiger partial charge is 0.449 e. The highest BCUT2D eigenvalue weighted by atomic mass is 35.5. The lowest BCUT2D eigenvalue weighted by atomic mass is 10.2. The van der Waals surface area contributed by atoms with E-state index in [1.54, 1.807) is 24.3 Å². The van der Waals surface area contributed by atoms with Crippen LogP contribution in [0.25, 0.3) is 0 Å². The summed E-state index contributed by atoms with van der Waals surface area (Å²) in [5.41, 5.74) is 0.604. The molecule has 7 heteroatoms. The molecule has 0 bridgehead atoms. The van der Waals surface area contributed by atoms with Crippen LogP contribution in [-0.2, 0) is 9.53 Å². The first-order valence-corrected chi connectivity index (χ1v) is 7.72. The monoisotopic (exact) mass is 371 g/mol. The Kier molecular flexibility index (Phi) is 5.88. The van der Waals surface area contributed by atoms with Crippen molar-refractivity contribution in [3.8, 4) is 0 Å². The van der Waals surface area contributed by atoms with E-state index in [4.69, 9.17) is 39.5 Å². The van der Waals surface area contributed by atoms with Gasteiger partial charge in [0.15, 0.2) is 6.10 Å². The maximum absolute atomic E-state index is 12.1. The van der Waals surface area contributed by atoms with Gasteiger partial charge in [-0.05, 0) is 37.3 Å². The van der Waals surface area contributed by atoms with Crippen molar-refractivity contribution in [3.05, 3.63) is 63.1 Å². The van der Waals surface area contributed by atoms with Gasteiger partial charge >= 0.3 is 5.97 Å². The summed E-state index contributed by atoms with van der Waals surface area (Å²) >= 11 is 17.6. The molecular formula is C16H12Cl3NO3. The Labute approximate surface area is 148 Å². The van der Waals surface area contributed by atoms with E-state index in [1.165, 1.54) is 25.1 Å². The van der Waals surface area contributed by atoms with Crippen LogP contribution in [0, 0.1) is 0 Å². The smallest absolute Gasteiger partial charge is 0.340 e. The van der Waals surface area contributed by atoms with Crippen molar-refractivity contribution in [2.75, 3.05) is 5.32 Å². The zero-order valence-electron chi connectivity index (χ0n) is 12.0. The first-order valence-electron chi connectivity index (χ1n) is 6.59. The van der Waals surface area contributed by atoms with Crippen molar-refractivity contribution >= 4 is 52.4 Å². The fourth-order valence-electron chi connectivity index (χ4n) is 1.77. The minimum Gasteiger partial charge on any atom is -0.449 e. The van der Waals surface area contributed by atoms with Crippen molar-refractivity contribution in [2.45, 2.75) is 13.0 Å². The molecule has 0 fully saturated rings. The number of esters is 1. The van der Waals surface area contributed by atoms with Gasteiger partial charge in [0.25, 0.3) is 5.91 Å². The molecule has 23 heavy (non-hydrogen) atoms. The van der Waals surface area contributed by atoms with Crippen molar-refractivity contribution < 1.29 is 14.3 Å². The average molecular weight is 373 g/mol. The molecule has 2 aromatic carbocycles. The SMILES string of the molecule is CC(OC(=O)c1ccccc1Cl)C(=O)Nc1cc(Cl)cc(Cl)c1. The number of carbonyl (C=O) groups is 2. The van der Waals surface area contributed by atoms with Gasteiger partial charge < -0.3 is 10.1 Å². The third-order valence-electron chi connectivity index (χ3n) is 2.88. The highest BCUT2D eigenvalue weighted by molar-refractivity contribution is 6.35. The second-order valence-corrected chi connectivity index (χ2v) is 5.95. The Morgan fingerprint density at radius 1 is 1.04 bits per heavy atom. The molecule has 1 amide bonds. The summed E-state index contributed by atoms with van der Waals surface area (Å²) in [7, 11) is 0. The third-order valence-corrected chi connectivity index (χ3v) is 3.64. The quantitative estimate of drug-likeness (QED) is 0.782. The zero-order chi connectivity index (χ0) is 17.0. The maximum atomic E-state index is 12.1. The summed E-state index contributed by atoms with van der Waals surface area (Å²) < 4.78 is 5.11. The number of hydrogen-bond acceptors (Lipinski definition) is 3. The lowest BCUT2D eigenvalue weighted by Crippen LogP contribution is -2.30. The highest BCUT2D eigenvalue weighted by Gasteiger charge is 2.20. The molecule has 0 saturated carbocycles. The van der Waals surface area contributed by atoms with E-state index in [-0.39, 0.29) is 10.6 Å². The fraction of sp³-hybridized carbons (Fsp3) is 0.125. The summed E-state index contributed by atoms with van der Waals surface area (Å²) in [6.07, 6.45) is -1.02. The van der Waals surface area contributed by atoms with Crippen molar-refractivity contribution in [1.29, 1.82) is 0 Å². The van der Waals surface area contributed by atoms with E-state index in [0.29, 0.717) is 15.7 Å². The number of nitrogens with one attached hydrogen (secondary N) is 1. The number of benzene rings is 2. The normalized spacial score (nSPS) is 11.7. The molecule has 1 atom stereocenters. The molecule has 0 radical (unpaired) electrons. The molecule has 0 heterocycles. The van der Waals surface area contributed by atoms with Gasteiger partial charge in [-0.2, -0.15) is 0 Å². The van der Waals surface area contributed by atoms with Gasteiger partial charge in [0.1, 0.15) is 0 Å². The molecule has 0 aliphatic carbocycles. The molecule has 0 aliphatic heterocycles. The van der Waals surface area contributed by atoms with Crippen LogP contribution in [0.1, 0.15) is 17.3 Å². The van der Waals surface area contributed by atoms with Gasteiger partial charge in [-0.25, -0.2) is 4.79 Å². The Morgan fingerprint density at radius 2 is 1.65 bits per heavy atom. The molecular weight excluding hydrogens is 361 g/mol. The van der Waals surface area contributed by atoms with Crippen molar-refractivity contribution in [2.24, 2.45) is 0 Å². The van der Waals surface area contributed by atoms with Gasteiger partial charge in [-0.1, -0.05) is 46.9 Å². The Hall–Kier alpha value is -1.75. The standard InChI is InChI=1S/C16H12Cl3NO3/c1-9(23-16(22)13-4-2-3-5-14(13)19)15(21)20-12-7-10(17)6-11(18)8-12/h2-9H,1H3,(H,20,21). The summed E-state index contributed by atoms with van der Waals surface area (Å²) in [5.74, 6) is -1.19. The minimum absolute atomic E-state index is 0.194.